The van der Waals surface area contributed by atoms with Crippen LogP contribution in [-0.4, -0.2) is 48.3 Å². The molecule has 2 bridgehead atoms. The highest BCUT2D eigenvalue weighted by Gasteiger charge is 2.40. The summed E-state index contributed by atoms with van der Waals surface area (Å²) in [6.45, 7) is 7.79. The van der Waals surface area contributed by atoms with Crippen LogP contribution in [-0.2, 0) is 22.4 Å². The fraction of sp³-hybridized carbons (Fsp3) is 0.522. The Kier molecular flexibility index (Phi) is 6.36. The van der Waals surface area contributed by atoms with E-state index in [1.165, 1.54) is 7.11 Å². The van der Waals surface area contributed by atoms with Crippen LogP contribution in [0.15, 0.2) is 30.9 Å². The van der Waals surface area contributed by atoms with Gasteiger partial charge in [0.1, 0.15) is 0 Å². The van der Waals surface area contributed by atoms with Crippen molar-refractivity contribution in [1.82, 2.24) is 4.90 Å². The Morgan fingerprint density at radius 3 is 2.81 bits per heavy atom. The van der Waals surface area contributed by atoms with Crippen molar-refractivity contribution < 1.29 is 14.6 Å². The predicted octanol–water partition coefficient (Wildman–Crippen LogP) is 2.57. The van der Waals surface area contributed by atoms with Gasteiger partial charge < -0.3 is 9.84 Å². The molecule has 3 heterocycles. The number of ether oxygens (including phenoxy) is 1. The van der Waals surface area contributed by atoms with Crippen LogP contribution in [0.25, 0.3) is 0 Å². The largest absolute Gasteiger partial charge is 0.469 e. The first-order valence-corrected chi connectivity index (χ1v) is 9.77. The maximum atomic E-state index is 11.7. The summed E-state index contributed by atoms with van der Waals surface area (Å²) < 4.78 is 4.82. The van der Waals surface area contributed by atoms with E-state index in [2.05, 4.69) is 29.4 Å². The summed E-state index contributed by atoms with van der Waals surface area (Å²) in [4.78, 5) is 14.0. The van der Waals surface area contributed by atoms with Gasteiger partial charge in [-0.05, 0) is 61.9 Å². The van der Waals surface area contributed by atoms with Crippen molar-refractivity contribution in [3.8, 4) is 11.8 Å². The number of carbonyl (C=O) groups is 1. The maximum Gasteiger partial charge on any atom is 0.308 e. The molecule has 144 valence electrons. The van der Waals surface area contributed by atoms with Crippen molar-refractivity contribution in [3.05, 3.63) is 47.5 Å². The molecule has 0 amide bonds. The van der Waals surface area contributed by atoms with E-state index in [9.17, 15) is 9.90 Å². The smallest absolute Gasteiger partial charge is 0.308 e. The zero-order valence-electron chi connectivity index (χ0n) is 16.3. The lowest BCUT2D eigenvalue weighted by Gasteiger charge is -2.46. The lowest BCUT2D eigenvalue weighted by Crippen LogP contribution is -2.57. The van der Waals surface area contributed by atoms with Crippen LogP contribution in [0.1, 0.15) is 36.5 Å². The minimum atomic E-state index is -0.344. The Bertz CT molecular complexity index is 751. The third-order valence-electron chi connectivity index (χ3n) is 5.81. The minimum absolute atomic E-state index is 0.0619. The fourth-order valence-corrected chi connectivity index (χ4v) is 4.20. The Morgan fingerprint density at radius 1 is 1.44 bits per heavy atom. The average Bonchev–Trinajstić information content (AvgIpc) is 2.69. The molecule has 3 unspecified atom stereocenters. The Balaban J connectivity index is 1.79. The van der Waals surface area contributed by atoms with Gasteiger partial charge in [-0.15, -0.1) is 6.58 Å². The summed E-state index contributed by atoms with van der Waals surface area (Å²) in [6, 6.07) is 6.09. The van der Waals surface area contributed by atoms with Crippen molar-refractivity contribution in [3.63, 3.8) is 0 Å². The first kappa shape index (κ1) is 19.7. The highest BCUT2D eigenvalue weighted by molar-refractivity contribution is 5.72. The van der Waals surface area contributed by atoms with Crippen molar-refractivity contribution in [1.29, 1.82) is 0 Å². The number of fused-ring (bicyclic) bond motifs is 3. The molecule has 3 saturated heterocycles. The molecule has 0 aromatic heterocycles. The second-order valence-electron chi connectivity index (χ2n) is 7.69. The van der Waals surface area contributed by atoms with E-state index in [4.69, 9.17) is 4.74 Å². The van der Waals surface area contributed by atoms with Crippen LogP contribution in [0.3, 0.4) is 0 Å². The second-order valence-corrected chi connectivity index (χ2v) is 7.69. The Hall–Kier alpha value is -2.09. The molecule has 3 aliphatic heterocycles. The molecule has 3 aliphatic rings. The third-order valence-corrected chi connectivity index (χ3v) is 5.81. The molecule has 27 heavy (non-hydrogen) atoms. The van der Waals surface area contributed by atoms with Gasteiger partial charge in [0.05, 0.1) is 25.2 Å². The second kappa shape index (κ2) is 8.73. The monoisotopic (exact) mass is 367 g/mol. The summed E-state index contributed by atoms with van der Waals surface area (Å²) in [6.07, 6.45) is 5.05. The van der Waals surface area contributed by atoms with Gasteiger partial charge in [-0.2, -0.15) is 0 Å². The molecule has 0 spiro atoms. The topological polar surface area (TPSA) is 49.8 Å². The van der Waals surface area contributed by atoms with Crippen LogP contribution in [0, 0.1) is 23.7 Å². The molecular weight excluding hydrogens is 338 g/mol. The molecule has 1 aromatic rings. The molecule has 3 fully saturated rings. The average molecular weight is 367 g/mol. The quantitative estimate of drug-likeness (QED) is 0.494. The Labute approximate surface area is 162 Å². The van der Waals surface area contributed by atoms with E-state index >= 15 is 0 Å². The fourth-order valence-electron chi connectivity index (χ4n) is 4.20. The summed E-state index contributed by atoms with van der Waals surface area (Å²) in [5.74, 6) is 6.65. The van der Waals surface area contributed by atoms with Gasteiger partial charge in [0.2, 0.25) is 0 Å². The molecule has 1 N–H and O–H groups in total. The number of esters is 1. The SMILES string of the molecule is C=CCc1cc(CC(C)C(=O)OC)ccc1C#CC1C(O)C2CCN1CC2. The number of allylic oxidation sites excluding steroid dienone is 1. The molecule has 0 saturated carbocycles. The van der Waals surface area contributed by atoms with E-state index in [1.54, 1.807) is 0 Å². The predicted molar refractivity (Wildman–Crippen MR) is 106 cm³/mol. The molecule has 4 nitrogen and oxygen atoms in total. The van der Waals surface area contributed by atoms with Gasteiger partial charge in [-0.25, -0.2) is 0 Å². The van der Waals surface area contributed by atoms with Crippen molar-refractivity contribution >= 4 is 5.97 Å². The summed E-state index contributed by atoms with van der Waals surface area (Å²) >= 11 is 0. The van der Waals surface area contributed by atoms with E-state index in [0.717, 1.165) is 49.0 Å². The van der Waals surface area contributed by atoms with Crippen LogP contribution >= 0.6 is 0 Å². The van der Waals surface area contributed by atoms with Gasteiger partial charge in [0.25, 0.3) is 0 Å². The lowest BCUT2D eigenvalue weighted by atomic mass is 9.81. The van der Waals surface area contributed by atoms with Crippen LogP contribution in [0.2, 0.25) is 0 Å². The van der Waals surface area contributed by atoms with E-state index in [0.29, 0.717) is 12.3 Å². The molecular formula is C23H29NO3. The summed E-state index contributed by atoms with van der Waals surface area (Å²) in [7, 11) is 1.42. The zero-order valence-corrected chi connectivity index (χ0v) is 16.3. The lowest BCUT2D eigenvalue weighted by molar-refractivity contribution is -0.144. The van der Waals surface area contributed by atoms with Crippen LogP contribution in [0.5, 0.6) is 0 Å². The molecule has 0 radical (unpaired) electrons. The minimum Gasteiger partial charge on any atom is -0.469 e. The van der Waals surface area contributed by atoms with Gasteiger partial charge in [-0.3, -0.25) is 9.69 Å². The number of benzene rings is 1. The number of carbonyl (C=O) groups excluding carboxylic acids is 1. The number of aliphatic hydroxyl groups is 1. The first-order chi connectivity index (χ1) is 13.0. The first-order valence-electron chi connectivity index (χ1n) is 9.77. The number of aliphatic hydroxyl groups excluding tert-OH is 1. The number of nitrogens with zero attached hydrogens (tertiary/aromatic N) is 1. The zero-order chi connectivity index (χ0) is 19.4. The normalized spacial score (nSPS) is 27.4. The number of rotatable bonds is 5. The van der Waals surface area contributed by atoms with Gasteiger partial charge in [0, 0.05) is 5.56 Å². The standard InChI is InChI=1S/C23H29NO3/c1-4-5-20-15-17(14-16(2)23(26)27-3)6-7-18(20)8-9-21-22(25)19-10-12-24(21)13-11-19/h4,6-7,15-16,19,21-22,25H,1,5,10-14H2,2-3H3. The molecule has 1 aromatic carbocycles. The van der Waals surface area contributed by atoms with E-state index in [1.807, 2.05) is 25.1 Å². The van der Waals surface area contributed by atoms with Crippen molar-refractivity contribution in [2.45, 2.75) is 44.8 Å². The maximum absolute atomic E-state index is 11.7. The number of hydrogen-bond donors (Lipinski definition) is 1. The number of piperidine rings is 3. The number of methoxy groups -OCH3 is 1. The summed E-state index contributed by atoms with van der Waals surface area (Å²) in [5, 5.41) is 10.5. The van der Waals surface area contributed by atoms with Gasteiger partial charge >= 0.3 is 5.97 Å². The highest BCUT2D eigenvalue weighted by atomic mass is 16.5. The molecule has 4 rings (SSSR count). The van der Waals surface area contributed by atoms with E-state index < -0.39 is 0 Å². The molecule has 0 aliphatic carbocycles. The van der Waals surface area contributed by atoms with Gasteiger partial charge in [-0.1, -0.05) is 37.0 Å². The van der Waals surface area contributed by atoms with Crippen LogP contribution in [0.4, 0.5) is 0 Å². The van der Waals surface area contributed by atoms with Crippen LogP contribution < -0.4 is 0 Å². The van der Waals surface area contributed by atoms with E-state index in [-0.39, 0.29) is 24.0 Å². The van der Waals surface area contributed by atoms with Gasteiger partial charge in [0.15, 0.2) is 0 Å². The third kappa shape index (κ3) is 4.43. The van der Waals surface area contributed by atoms with Crippen molar-refractivity contribution in [2.75, 3.05) is 20.2 Å². The molecule has 4 heteroatoms. The highest BCUT2D eigenvalue weighted by Crippen LogP contribution is 2.32. The number of hydrogen-bond acceptors (Lipinski definition) is 4. The summed E-state index contributed by atoms with van der Waals surface area (Å²) in [5.41, 5.74) is 3.17. The molecule has 3 atom stereocenters. The Morgan fingerprint density at radius 2 is 2.19 bits per heavy atom. The van der Waals surface area contributed by atoms with Crippen molar-refractivity contribution in [2.24, 2.45) is 11.8 Å².